The normalized spacial score (nSPS) is 11.5. The highest BCUT2D eigenvalue weighted by Crippen LogP contribution is 2.23. The Morgan fingerprint density at radius 1 is 1.00 bits per heavy atom. The van der Waals surface area contributed by atoms with E-state index in [4.69, 9.17) is 14.2 Å². The van der Waals surface area contributed by atoms with E-state index in [1.54, 1.807) is 53.7 Å². The summed E-state index contributed by atoms with van der Waals surface area (Å²) in [5.74, 6) is -1.03. The number of hydrogen-bond donors (Lipinski definition) is 1. The SMILES string of the molecule is CC(C)(C)OC(=O)NCC(=O)Oc1ccc(CBr)c(C(=O)OC(C)(C)C)c1. The number of alkyl halides is 1. The molecule has 0 aliphatic heterocycles. The third-order valence-electron chi connectivity index (χ3n) is 2.85. The maximum Gasteiger partial charge on any atom is 0.408 e. The second-order valence-corrected chi connectivity index (χ2v) is 8.34. The molecule has 0 radical (unpaired) electrons. The fourth-order valence-electron chi connectivity index (χ4n) is 1.88. The summed E-state index contributed by atoms with van der Waals surface area (Å²) < 4.78 is 15.6. The van der Waals surface area contributed by atoms with Gasteiger partial charge in [-0.1, -0.05) is 22.0 Å². The number of halogens is 1. The maximum absolute atomic E-state index is 12.4. The van der Waals surface area contributed by atoms with Crippen LogP contribution in [0, 0.1) is 0 Å². The predicted octanol–water partition coefficient (Wildman–Crippen LogP) is 3.97. The Morgan fingerprint density at radius 2 is 1.59 bits per heavy atom. The molecule has 1 rings (SSSR count). The first-order valence-corrected chi connectivity index (χ1v) is 9.52. The van der Waals surface area contributed by atoms with Crippen molar-refractivity contribution in [1.29, 1.82) is 0 Å². The molecule has 0 heterocycles. The van der Waals surface area contributed by atoms with Gasteiger partial charge in [-0.2, -0.15) is 0 Å². The Balaban J connectivity index is 2.78. The molecular weight excluding hydrogens is 418 g/mol. The van der Waals surface area contributed by atoms with Crippen LogP contribution in [0.2, 0.25) is 0 Å². The van der Waals surface area contributed by atoms with E-state index in [9.17, 15) is 14.4 Å². The molecule has 7 nitrogen and oxygen atoms in total. The number of ether oxygens (including phenoxy) is 3. The second-order valence-electron chi connectivity index (χ2n) is 7.78. The highest BCUT2D eigenvalue weighted by molar-refractivity contribution is 9.08. The van der Waals surface area contributed by atoms with Gasteiger partial charge in [0.1, 0.15) is 23.5 Å². The minimum Gasteiger partial charge on any atom is -0.456 e. The molecule has 0 unspecified atom stereocenters. The third kappa shape index (κ3) is 8.90. The molecule has 1 amide bonds. The lowest BCUT2D eigenvalue weighted by Crippen LogP contribution is -2.36. The zero-order valence-corrected chi connectivity index (χ0v) is 18.1. The molecule has 150 valence electrons. The minimum atomic E-state index is -0.719. The van der Waals surface area contributed by atoms with E-state index in [0.29, 0.717) is 16.5 Å². The molecule has 0 fully saturated rings. The van der Waals surface area contributed by atoms with E-state index < -0.39 is 29.2 Å². The van der Waals surface area contributed by atoms with E-state index >= 15 is 0 Å². The Bertz CT molecular complexity index is 703. The summed E-state index contributed by atoms with van der Waals surface area (Å²) >= 11 is 3.32. The van der Waals surface area contributed by atoms with Crippen molar-refractivity contribution in [3.05, 3.63) is 29.3 Å². The molecule has 0 aromatic heterocycles. The van der Waals surface area contributed by atoms with E-state index in [2.05, 4.69) is 21.2 Å². The predicted molar refractivity (Wildman–Crippen MR) is 104 cm³/mol. The Hall–Kier alpha value is -2.09. The van der Waals surface area contributed by atoms with Gasteiger partial charge in [0.25, 0.3) is 0 Å². The third-order valence-corrected chi connectivity index (χ3v) is 3.46. The molecule has 0 aliphatic rings. The quantitative estimate of drug-likeness (QED) is 0.420. The first-order chi connectivity index (χ1) is 12.3. The number of carbonyl (C=O) groups is 3. The zero-order valence-electron chi connectivity index (χ0n) is 16.5. The van der Waals surface area contributed by atoms with Crippen molar-refractivity contribution in [2.75, 3.05) is 6.54 Å². The van der Waals surface area contributed by atoms with Gasteiger partial charge in [0.15, 0.2) is 0 Å². The first-order valence-electron chi connectivity index (χ1n) is 8.40. The Morgan fingerprint density at radius 3 is 2.11 bits per heavy atom. The first kappa shape index (κ1) is 23.0. The van der Waals surface area contributed by atoms with E-state index in [0.717, 1.165) is 0 Å². The molecule has 0 spiro atoms. The monoisotopic (exact) mass is 443 g/mol. The summed E-state index contributed by atoms with van der Waals surface area (Å²) in [5, 5.41) is 2.76. The molecule has 1 N–H and O–H groups in total. The molecule has 1 aromatic rings. The number of carbonyl (C=O) groups excluding carboxylic acids is 3. The van der Waals surface area contributed by atoms with Crippen molar-refractivity contribution in [3.8, 4) is 5.75 Å². The summed E-state index contributed by atoms with van der Waals surface area (Å²) in [6, 6.07) is 4.67. The van der Waals surface area contributed by atoms with Gasteiger partial charge in [-0.3, -0.25) is 0 Å². The van der Waals surface area contributed by atoms with Gasteiger partial charge in [-0.05, 0) is 59.2 Å². The summed E-state index contributed by atoms with van der Waals surface area (Å²) in [7, 11) is 0. The minimum absolute atomic E-state index is 0.177. The standard InChI is InChI=1S/C19H26BrNO6/c1-18(2,3)26-16(23)14-9-13(8-7-12(14)10-20)25-15(22)11-21-17(24)27-19(4,5)6/h7-9H,10-11H2,1-6H3,(H,21,24). The fourth-order valence-corrected chi connectivity index (χ4v) is 2.37. The van der Waals surface area contributed by atoms with Gasteiger partial charge in [0, 0.05) is 5.33 Å². The van der Waals surface area contributed by atoms with Gasteiger partial charge in [-0.15, -0.1) is 0 Å². The Kier molecular flexibility index (Phi) is 7.83. The summed E-state index contributed by atoms with van der Waals surface area (Å²) in [6.07, 6.45) is -0.719. The van der Waals surface area contributed by atoms with Crippen LogP contribution in [0.1, 0.15) is 57.5 Å². The van der Waals surface area contributed by atoms with Crippen LogP contribution in [-0.4, -0.2) is 35.8 Å². The molecule has 0 aliphatic carbocycles. The van der Waals surface area contributed by atoms with Crippen LogP contribution in [0.3, 0.4) is 0 Å². The lowest BCUT2D eigenvalue weighted by atomic mass is 10.1. The van der Waals surface area contributed by atoms with E-state index in [-0.39, 0.29) is 12.3 Å². The number of esters is 2. The molecule has 1 aromatic carbocycles. The van der Waals surface area contributed by atoms with Crippen LogP contribution in [0.25, 0.3) is 0 Å². The maximum atomic E-state index is 12.4. The van der Waals surface area contributed by atoms with Gasteiger partial charge in [0.05, 0.1) is 5.56 Å². The van der Waals surface area contributed by atoms with Crippen molar-refractivity contribution >= 4 is 34.0 Å². The van der Waals surface area contributed by atoms with E-state index in [1.165, 1.54) is 6.07 Å². The number of nitrogens with one attached hydrogen (secondary N) is 1. The van der Waals surface area contributed by atoms with Crippen molar-refractivity contribution in [1.82, 2.24) is 5.32 Å². The molecular formula is C19H26BrNO6. The molecule has 0 atom stereocenters. The molecule has 0 saturated carbocycles. The topological polar surface area (TPSA) is 90.9 Å². The Labute approximate surface area is 167 Å². The van der Waals surface area contributed by atoms with Crippen LogP contribution in [0.4, 0.5) is 4.79 Å². The van der Waals surface area contributed by atoms with Gasteiger partial charge in [0.2, 0.25) is 0 Å². The van der Waals surface area contributed by atoms with Crippen LogP contribution >= 0.6 is 15.9 Å². The number of benzene rings is 1. The van der Waals surface area contributed by atoms with Crippen LogP contribution in [0.5, 0.6) is 5.75 Å². The van der Waals surface area contributed by atoms with E-state index in [1.807, 2.05) is 0 Å². The van der Waals surface area contributed by atoms with Gasteiger partial charge in [-0.25, -0.2) is 14.4 Å². The number of rotatable bonds is 5. The molecule has 8 heteroatoms. The summed E-state index contributed by atoms with van der Waals surface area (Å²) in [6.45, 7) is 10.1. The second kappa shape index (κ2) is 9.21. The van der Waals surface area contributed by atoms with Crippen molar-refractivity contribution in [2.24, 2.45) is 0 Å². The summed E-state index contributed by atoms with van der Waals surface area (Å²) in [4.78, 5) is 35.9. The van der Waals surface area contributed by atoms with Crippen molar-refractivity contribution in [2.45, 2.75) is 58.1 Å². The largest absolute Gasteiger partial charge is 0.456 e. The molecule has 0 saturated heterocycles. The fraction of sp³-hybridized carbons (Fsp3) is 0.526. The average Bonchev–Trinajstić information content (AvgIpc) is 2.49. The molecule has 0 bridgehead atoms. The highest BCUT2D eigenvalue weighted by atomic mass is 79.9. The van der Waals surface area contributed by atoms with Crippen LogP contribution in [0.15, 0.2) is 18.2 Å². The van der Waals surface area contributed by atoms with Crippen LogP contribution in [-0.2, 0) is 19.6 Å². The average molecular weight is 444 g/mol. The number of hydrogen-bond acceptors (Lipinski definition) is 6. The lowest BCUT2D eigenvalue weighted by Gasteiger charge is -2.20. The van der Waals surface area contributed by atoms with Crippen molar-refractivity contribution in [3.63, 3.8) is 0 Å². The smallest absolute Gasteiger partial charge is 0.408 e. The van der Waals surface area contributed by atoms with Gasteiger partial charge < -0.3 is 19.5 Å². The van der Waals surface area contributed by atoms with Crippen molar-refractivity contribution < 1.29 is 28.6 Å². The number of amides is 1. The zero-order chi connectivity index (χ0) is 20.8. The highest BCUT2D eigenvalue weighted by Gasteiger charge is 2.21. The molecule has 27 heavy (non-hydrogen) atoms. The van der Waals surface area contributed by atoms with Gasteiger partial charge >= 0.3 is 18.0 Å². The summed E-state index contributed by atoms with van der Waals surface area (Å²) in [5.41, 5.74) is -0.310. The van der Waals surface area contributed by atoms with Crippen LogP contribution < -0.4 is 10.1 Å². The number of alkyl carbamates (subject to hydrolysis) is 1. The lowest BCUT2D eigenvalue weighted by molar-refractivity contribution is -0.133.